The van der Waals surface area contributed by atoms with E-state index in [2.05, 4.69) is 10.3 Å². The van der Waals surface area contributed by atoms with E-state index in [0.29, 0.717) is 12.4 Å². The maximum atomic E-state index is 12.1. The molecular formula is C19H18N2O2S2. The average Bonchev–Trinajstić information content (AvgIpc) is 3.12. The smallest absolute Gasteiger partial charge is 0.234 e. The van der Waals surface area contributed by atoms with Crippen LogP contribution in [0.5, 0.6) is 5.75 Å². The average molecular weight is 370 g/mol. The Balaban J connectivity index is 1.51. The van der Waals surface area contributed by atoms with Crippen LogP contribution in [0.15, 0.2) is 64.3 Å². The van der Waals surface area contributed by atoms with Gasteiger partial charge in [-0.1, -0.05) is 42.1 Å². The largest absolute Gasteiger partial charge is 0.494 e. The van der Waals surface area contributed by atoms with Crippen molar-refractivity contribution in [3.63, 3.8) is 0 Å². The van der Waals surface area contributed by atoms with Crippen molar-refractivity contribution in [1.29, 1.82) is 0 Å². The fourth-order valence-electron chi connectivity index (χ4n) is 2.19. The van der Waals surface area contributed by atoms with Crippen LogP contribution >= 0.6 is 23.1 Å². The molecule has 128 valence electrons. The molecule has 25 heavy (non-hydrogen) atoms. The van der Waals surface area contributed by atoms with Gasteiger partial charge in [0.1, 0.15) is 5.75 Å². The third-order valence-electron chi connectivity index (χ3n) is 3.33. The van der Waals surface area contributed by atoms with Crippen molar-refractivity contribution in [3.05, 3.63) is 60.0 Å². The summed E-state index contributed by atoms with van der Waals surface area (Å²) in [7, 11) is 0. The molecule has 2 aromatic carbocycles. The van der Waals surface area contributed by atoms with Crippen LogP contribution in [0.1, 0.15) is 6.92 Å². The number of carbonyl (C=O) groups is 1. The maximum Gasteiger partial charge on any atom is 0.234 e. The van der Waals surface area contributed by atoms with Gasteiger partial charge < -0.3 is 10.1 Å². The maximum absolute atomic E-state index is 12.1. The zero-order valence-corrected chi connectivity index (χ0v) is 15.4. The third kappa shape index (κ3) is 5.08. The van der Waals surface area contributed by atoms with E-state index in [1.807, 2.05) is 66.9 Å². The molecule has 0 bridgehead atoms. The lowest BCUT2D eigenvalue weighted by Crippen LogP contribution is -2.13. The molecule has 0 atom stereocenters. The van der Waals surface area contributed by atoms with E-state index in [-0.39, 0.29) is 5.91 Å². The molecule has 3 rings (SSSR count). The molecule has 0 aliphatic carbocycles. The summed E-state index contributed by atoms with van der Waals surface area (Å²) in [5.41, 5.74) is 2.79. The molecule has 0 unspecified atom stereocenters. The molecule has 0 fully saturated rings. The van der Waals surface area contributed by atoms with Crippen LogP contribution in [0.2, 0.25) is 0 Å². The summed E-state index contributed by atoms with van der Waals surface area (Å²) in [5.74, 6) is 1.08. The van der Waals surface area contributed by atoms with Crippen LogP contribution in [0, 0.1) is 0 Å². The first-order chi connectivity index (χ1) is 12.2. The number of nitrogens with zero attached hydrogens (tertiary/aromatic N) is 1. The zero-order chi connectivity index (χ0) is 17.5. The van der Waals surface area contributed by atoms with Crippen molar-refractivity contribution < 1.29 is 9.53 Å². The molecule has 3 aromatic rings. The number of hydrogen-bond acceptors (Lipinski definition) is 5. The highest BCUT2D eigenvalue weighted by Gasteiger charge is 2.08. The van der Waals surface area contributed by atoms with E-state index in [9.17, 15) is 4.79 Å². The quantitative estimate of drug-likeness (QED) is 0.599. The topological polar surface area (TPSA) is 51.2 Å². The van der Waals surface area contributed by atoms with E-state index < -0.39 is 0 Å². The molecular weight excluding hydrogens is 352 g/mol. The van der Waals surface area contributed by atoms with E-state index >= 15 is 0 Å². The fraction of sp³-hybridized carbons (Fsp3) is 0.158. The molecule has 1 amide bonds. The van der Waals surface area contributed by atoms with Crippen molar-refractivity contribution in [2.24, 2.45) is 0 Å². The Labute approximate surface area is 155 Å². The summed E-state index contributed by atoms with van der Waals surface area (Å²) in [6.45, 7) is 2.57. The molecule has 0 saturated heterocycles. The third-order valence-corrected chi connectivity index (χ3v) is 5.35. The lowest BCUT2D eigenvalue weighted by atomic mass is 10.2. The van der Waals surface area contributed by atoms with E-state index in [4.69, 9.17) is 4.74 Å². The lowest BCUT2D eigenvalue weighted by molar-refractivity contribution is -0.113. The molecule has 4 nitrogen and oxygen atoms in total. The number of thioether (sulfide) groups is 1. The summed E-state index contributed by atoms with van der Waals surface area (Å²) in [6.07, 6.45) is 0. The van der Waals surface area contributed by atoms with Crippen molar-refractivity contribution in [3.8, 4) is 17.0 Å². The van der Waals surface area contributed by atoms with Crippen molar-refractivity contribution in [2.75, 3.05) is 17.7 Å². The Bertz CT molecular complexity index is 817. The number of hydrogen-bond donors (Lipinski definition) is 1. The first-order valence-electron chi connectivity index (χ1n) is 7.91. The minimum atomic E-state index is -0.0504. The second kappa shape index (κ2) is 8.69. The minimum absolute atomic E-state index is 0.0504. The summed E-state index contributed by atoms with van der Waals surface area (Å²) >= 11 is 3.00. The van der Waals surface area contributed by atoms with Gasteiger partial charge in [0.15, 0.2) is 4.34 Å². The highest BCUT2D eigenvalue weighted by atomic mass is 32.2. The van der Waals surface area contributed by atoms with E-state index in [1.54, 1.807) is 11.3 Å². The second-order valence-electron chi connectivity index (χ2n) is 5.16. The monoisotopic (exact) mass is 370 g/mol. The van der Waals surface area contributed by atoms with E-state index in [0.717, 1.165) is 27.0 Å². The number of anilines is 1. The van der Waals surface area contributed by atoms with Gasteiger partial charge in [-0.15, -0.1) is 11.3 Å². The van der Waals surface area contributed by atoms with Crippen LogP contribution in [0.25, 0.3) is 11.3 Å². The Morgan fingerprint density at radius 2 is 1.92 bits per heavy atom. The van der Waals surface area contributed by atoms with Crippen LogP contribution in [-0.2, 0) is 4.79 Å². The predicted molar refractivity (Wildman–Crippen MR) is 105 cm³/mol. The Morgan fingerprint density at radius 1 is 1.16 bits per heavy atom. The standard InChI is InChI=1S/C19H18N2O2S2/c1-2-23-16-10-8-15(9-11-16)20-18(22)13-25-19-21-17(12-24-19)14-6-4-3-5-7-14/h3-12H,2,13H2,1H3,(H,20,22). The molecule has 0 spiro atoms. The number of rotatable bonds is 7. The number of thiazole rings is 1. The number of aromatic nitrogens is 1. The number of ether oxygens (including phenoxy) is 1. The number of nitrogens with one attached hydrogen (secondary N) is 1. The van der Waals surface area contributed by atoms with Gasteiger partial charge in [0.2, 0.25) is 5.91 Å². The van der Waals surface area contributed by atoms with Gasteiger partial charge in [-0.2, -0.15) is 0 Å². The SMILES string of the molecule is CCOc1ccc(NC(=O)CSc2nc(-c3ccccc3)cs2)cc1. The van der Waals surface area contributed by atoms with Gasteiger partial charge in [-0.3, -0.25) is 4.79 Å². The zero-order valence-electron chi connectivity index (χ0n) is 13.8. The molecule has 1 N–H and O–H groups in total. The summed E-state index contributed by atoms with van der Waals surface area (Å²) in [4.78, 5) is 16.7. The highest BCUT2D eigenvalue weighted by Crippen LogP contribution is 2.28. The number of carbonyl (C=O) groups excluding carboxylic acids is 1. The van der Waals surface area contributed by atoms with Crippen LogP contribution in [-0.4, -0.2) is 23.3 Å². The highest BCUT2D eigenvalue weighted by molar-refractivity contribution is 8.01. The van der Waals surface area contributed by atoms with E-state index in [1.165, 1.54) is 11.8 Å². The Hall–Kier alpha value is -2.31. The summed E-state index contributed by atoms with van der Waals surface area (Å²) < 4.78 is 6.28. The molecule has 0 aliphatic rings. The molecule has 0 saturated carbocycles. The van der Waals surface area contributed by atoms with Gasteiger partial charge >= 0.3 is 0 Å². The fourth-order valence-corrected chi connectivity index (χ4v) is 3.83. The van der Waals surface area contributed by atoms with Gasteiger partial charge in [-0.05, 0) is 31.2 Å². The Kier molecular flexibility index (Phi) is 6.09. The molecule has 0 aliphatic heterocycles. The minimum Gasteiger partial charge on any atom is -0.494 e. The first-order valence-corrected chi connectivity index (χ1v) is 9.77. The van der Waals surface area contributed by atoms with Crippen LogP contribution in [0.4, 0.5) is 5.69 Å². The molecule has 1 aromatic heterocycles. The predicted octanol–water partition coefficient (Wildman–Crippen LogP) is 4.94. The second-order valence-corrected chi connectivity index (χ2v) is 7.24. The number of amides is 1. The van der Waals surface area contributed by atoms with Gasteiger partial charge in [0, 0.05) is 16.6 Å². The van der Waals surface area contributed by atoms with Crippen LogP contribution < -0.4 is 10.1 Å². The van der Waals surface area contributed by atoms with Crippen molar-refractivity contribution in [2.45, 2.75) is 11.3 Å². The summed E-state index contributed by atoms with van der Waals surface area (Å²) in [5, 5.41) is 4.90. The van der Waals surface area contributed by atoms with Crippen molar-refractivity contribution in [1.82, 2.24) is 4.98 Å². The molecule has 1 heterocycles. The van der Waals surface area contributed by atoms with Gasteiger partial charge in [-0.25, -0.2) is 4.98 Å². The Morgan fingerprint density at radius 3 is 2.64 bits per heavy atom. The summed E-state index contributed by atoms with van der Waals surface area (Å²) in [6, 6.07) is 17.4. The normalized spacial score (nSPS) is 10.4. The van der Waals surface area contributed by atoms with Gasteiger partial charge in [0.05, 0.1) is 18.1 Å². The molecule has 6 heteroatoms. The number of benzene rings is 2. The van der Waals surface area contributed by atoms with Crippen molar-refractivity contribution >= 4 is 34.7 Å². The van der Waals surface area contributed by atoms with Gasteiger partial charge in [0.25, 0.3) is 0 Å². The first kappa shape index (κ1) is 17.5. The molecule has 0 radical (unpaired) electrons. The lowest BCUT2D eigenvalue weighted by Gasteiger charge is -2.06. The van der Waals surface area contributed by atoms with Crippen LogP contribution in [0.3, 0.4) is 0 Å².